The fourth-order valence-corrected chi connectivity index (χ4v) is 2.47. The third-order valence-electron chi connectivity index (χ3n) is 3.62. The van der Waals surface area contributed by atoms with Crippen LogP contribution in [0.1, 0.15) is 16.7 Å². The molecule has 0 amide bonds. The molecule has 0 radical (unpaired) electrons. The molecule has 1 aromatic heterocycles. The maximum atomic E-state index is 5.89. The second-order valence-electron chi connectivity index (χ2n) is 5.52. The van der Waals surface area contributed by atoms with Crippen molar-refractivity contribution >= 4 is 24.0 Å². The molecule has 0 unspecified atom stereocenters. The first-order valence-corrected chi connectivity index (χ1v) is 8.23. The van der Waals surface area contributed by atoms with Gasteiger partial charge in [-0.15, -0.1) is 12.4 Å². The summed E-state index contributed by atoms with van der Waals surface area (Å²) in [5.74, 6) is 0.869. The van der Waals surface area contributed by atoms with Crippen LogP contribution in [0.15, 0.2) is 73.1 Å². The van der Waals surface area contributed by atoms with Gasteiger partial charge in [-0.2, -0.15) is 0 Å². The van der Waals surface area contributed by atoms with Gasteiger partial charge in [0.1, 0.15) is 12.4 Å². The molecule has 0 atom stereocenters. The van der Waals surface area contributed by atoms with Gasteiger partial charge in [0.2, 0.25) is 0 Å². The molecular weight excluding hydrogens is 355 g/mol. The number of ether oxygens (including phenoxy) is 1. The molecule has 0 saturated heterocycles. The van der Waals surface area contributed by atoms with Gasteiger partial charge in [0.15, 0.2) is 0 Å². The first-order chi connectivity index (χ1) is 11.8. The van der Waals surface area contributed by atoms with Crippen molar-refractivity contribution in [2.24, 2.45) is 0 Å². The first-order valence-electron chi connectivity index (χ1n) is 7.85. The lowest BCUT2D eigenvalue weighted by Crippen LogP contribution is -2.12. The SMILES string of the molecule is Cl.Clc1ccc(COc2cccc(CNCc3ccncc3)c2)cc1. The van der Waals surface area contributed by atoms with Crippen LogP contribution in [0.5, 0.6) is 5.75 Å². The number of benzene rings is 2. The van der Waals surface area contributed by atoms with E-state index in [1.807, 2.05) is 60.9 Å². The largest absolute Gasteiger partial charge is 0.489 e. The predicted octanol–water partition coefficient (Wildman–Crippen LogP) is 5.03. The van der Waals surface area contributed by atoms with Gasteiger partial charge in [-0.3, -0.25) is 4.98 Å². The van der Waals surface area contributed by atoms with Crippen LogP contribution in [0, 0.1) is 0 Å². The fraction of sp³-hybridized carbons (Fsp3) is 0.150. The number of halogens is 2. The Bertz CT molecular complexity index is 764. The van der Waals surface area contributed by atoms with E-state index in [2.05, 4.69) is 22.4 Å². The van der Waals surface area contributed by atoms with E-state index >= 15 is 0 Å². The summed E-state index contributed by atoms with van der Waals surface area (Å²) in [6, 6.07) is 19.9. The molecule has 3 aromatic rings. The van der Waals surface area contributed by atoms with E-state index < -0.39 is 0 Å². The Morgan fingerprint density at radius 2 is 1.56 bits per heavy atom. The van der Waals surface area contributed by atoms with Gasteiger partial charge in [-0.1, -0.05) is 35.9 Å². The number of nitrogens with zero attached hydrogens (tertiary/aromatic N) is 1. The third kappa shape index (κ3) is 6.39. The van der Waals surface area contributed by atoms with E-state index in [-0.39, 0.29) is 12.4 Å². The summed E-state index contributed by atoms with van der Waals surface area (Å²) in [7, 11) is 0. The smallest absolute Gasteiger partial charge is 0.120 e. The fourth-order valence-electron chi connectivity index (χ4n) is 2.34. The number of hydrogen-bond acceptors (Lipinski definition) is 3. The van der Waals surface area contributed by atoms with E-state index in [0.717, 1.165) is 29.4 Å². The molecule has 0 bridgehead atoms. The number of hydrogen-bond donors (Lipinski definition) is 1. The lowest BCUT2D eigenvalue weighted by Gasteiger charge is -2.09. The average Bonchev–Trinajstić information content (AvgIpc) is 2.63. The molecule has 0 aliphatic rings. The molecule has 25 heavy (non-hydrogen) atoms. The standard InChI is InChI=1S/C20H19ClN2O.ClH/c21-19-6-4-17(5-7-19)15-24-20-3-1-2-18(12-20)14-23-13-16-8-10-22-11-9-16;/h1-12,23H,13-15H2;1H. The van der Waals surface area contributed by atoms with E-state index in [0.29, 0.717) is 6.61 Å². The van der Waals surface area contributed by atoms with Crippen molar-refractivity contribution in [1.29, 1.82) is 0 Å². The second-order valence-corrected chi connectivity index (χ2v) is 5.96. The summed E-state index contributed by atoms with van der Waals surface area (Å²) < 4.78 is 5.86. The summed E-state index contributed by atoms with van der Waals surface area (Å²) in [6.45, 7) is 2.14. The first kappa shape index (κ1) is 19.3. The van der Waals surface area contributed by atoms with Crippen LogP contribution in [0.2, 0.25) is 5.02 Å². The highest BCUT2D eigenvalue weighted by molar-refractivity contribution is 6.30. The van der Waals surface area contributed by atoms with Crippen LogP contribution in [-0.4, -0.2) is 4.98 Å². The number of rotatable bonds is 7. The van der Waals surface area contributed by atoms with Crippen LogP contribution < -0.4 is 10.1 Å². The topological polar surface area (TPSA) is 34.1 Å². The Kier molecular flexibility index (Phi) is 7.74. The normalized spacial score (nSPS) is 10.1. The minimum absolute atomic E-state index is 0. The van der Waals surface area contributed by atoms with Crippen molar-refractivity contribution in [2.75, 3.05) is 0 Å². The van der Waals surface area contributed by atoms with Crippen LogP contribution in [0.4, 0.5) is 0 Å². The van der Waals surface area contributed by atoms with E-state index in [9.17, 15) is 0 Å². The van der Waals surface area contributed by atoms with Crippen LogP contribution in [0.25, 0.3) is 0 Å². The summed E-state index contributed by atoms with van der Waals surface area (Å²) in [6.07, 6.45) is 3.62. The Balaban J connectivity index is 0.00000225. The van der Waals surface area contributed by atoms with Crippen LogP contribution in [-0.2, 0) is 19.7 Å². The number of pyridine rings is 1. The zero-order valence-electron chi connectivity index (χ0n) is 13.7. The highest BCUT2D eigenvalue weighted by atomic mass is 35.5. The lowest BCUT2D eigenvalue weighted by molar-refractivity contribution is 0.306. The van der Waals surface area contributed by atoms with Gasteiger partial charge in [-0.25, -0.2) is 0 Å². The zero-order chi connectivity index (χ0) is 16.6. The number of aromatic nitrogens is 1. The van der Waals surface area contributed by atoms with Crippen LogP contribution in [0.3, 0.4) is 0 Å². The van der Waals surface area contributed by atoms with E-state index in [1.165, 1.54) is 11.1 Å². The molecule has 5 heteroatoms. The van der Waals surface area contributed by atoms with E-state index in [4.69, 9.17) is 16.3 Å². The van der Waals surface area contributed by atoms with Crippen molar-refractivity contribution in [1.82, 2.24) is 10.3 Å². The average molecular weight is 375 g/mol. The molecule has 0 spiro atoms. The van der Waals surface area contributed by atoms with Crippen molar-refractivity contribution in [3.8, 4) is 5.75 Å². The molecule has 1 heterocycles. The molecule has 3 rings (SSSR count). The van der Waals surface area contributed by atoms with E-state index in [1.54, 1.807) is 0 Å². The lowest BCUT2D eigenvalue weighted by atomic mass is 10.2. The molecule has 0 aliphatic carbocycles. The number of nitrogens with one attached hydrogen (secondary N) is 1. The summed E-state index contributed by atoms with van der Waals surface area (Å²) >= 11 is 5.89. The molecule has 0 aliphatic heterocycles. The van der Waals surface area contributed by atoms with Gasteiger partial charge < -0.3 is 10.1 Å². The third-order valence-corrected chi connectivity index (χ3v) is 3.88. The predicted molar refractivity (Wildman–Crippen MR) is 104 cm³/mol. The summed E-state index contributed by atoms with van der Waals surface area (Å²) in [4.78, 5) is 4.02. The molecule has 3 nitrogen and oxygen atoms in total. The van der Waals surface area contributed by atoms with Crippen LogP contribution >= 0.6 is 24.0 Å². The summed E-state index contributed by atoms with van der Waals surface area (Å²) in [5.41, 5.74) is 3.51. The highest BCUT2D eigenvalue weighted by Gasteiger charge is 1.99. The van der Waals surface area contributed by atoms with Crippen molar-refractivity contribution < 1.29 is 4.74 Å². The maximum Gasteiger partial charge on any atom is 0.120 e. The van der Waals surface area contributed by atoms with Gasteiger partial charge >= 0.3 is 0 Å². The van der Waals surface area contributed by atoms with Gasteiger partial charge in [0.25, 0.3) is 0 Å². The monoisotopic (exact) mass is 374 g/mol. The van der Waals surface area contributed by atoms with Crippen molar-refractivity contribution in [3.05, 3.63) is 94.8 Å². The molecule has 0 fully saturated rings. The quantitative estimate of drug-likeness (QED) is 0.629. The van der Waals surface area contributed by atoms with Crippen molar-refractivity contribution in [2.45, 2.75) is 19.7 Å². The van der Waals surface area contributed by atoms with Crippen molar-refractivity contribution in [3.63, 3.8) is 0 Å². The molecule has 130 valence electrons. The Hall–Kier alpha value is -2.07. The summed E-state index contributed by atoms with van der Waals surface area (Å²) in [5, 5.41) is 4.16. The zero-order valence-corrected chi connectivity index (χ0v) is 15.3. The molecule has 0 saturated carbocycles. The molecular formula is C20H20Cl2N2O. The molecule has 1 N–H and O–H groups in total. The Morgan fingerprint density at radius 1 is 0.840 bits per heavy atom. The second kappa shape index (κ2) is 10.0. The van der Waals surface area contributed by atoms with Gasteiger partial charge in [0, 0.05) is 30.5 Å². The highest BCUT2D eigenvalue weighted by Crippen LogP contribution is 2.16. The maximum absolute atomic E-state index is 5.89. The molecule has 2 aromatic carbocycles. The minimum atomic E-state index is 0. The van der Waals surface area contributed by atoms with Gasteiger partial charge in [-0.05, 0) is 53.1 Å². The minimum Gasteiger partial charge on any atom is -0.489 e. The van der Waals surface area contributed by atoms with Gasteiger partial charge in [0.05, 0.1) is 0 Å². The Labute approximate surface area is 159 Å². The Morgan fingerprint density at radius 3 is 2.32 bits per heavy atom.